The van der Waals surface area contributed by atoms with Gasteiger partial charge >= 0.3 is 12.2 Å². The van der Waals surface area contributed by atoms with Crippen LogP contribution in [0.2, 0.25) is 0 Å². The second kappa shape index (κ2) is 8.68. The van der Waals surface area contributed by atoms with Gasteiger partial charge in [-0.2, -0.15) is 0 Å². The highest BCUT2D eigenvalue weighted by Crippen LogP contribution is 2.16. The summed E-state index contributed by atoms with van der Waals surface area (Å²) in [5.41, 5.74) is -1.63. The quantitative estimate of drug-likeness (QED) is 0.651. The molecule has 1 fully saturated rings. The van der Waals surface area contributed by atoms with Crippen LogP contribution in [-0.2, 0) is 19.0 Å². The van der Waals surface area contributed by atoms with Crippen molar-refractivity contribution in [1.82, 2.24) is 10.2 Å². The van der Waals surface area contributed by atoms with E-state index >= 15 is 0 Å². The van der Waals surface area contributed by atoms with E-state index in [2.05, 4.69) is 5.32 Å². The highest BCUT2D eigenvalue weighted by atomic mass is 16.6. The van der Waals surface area contributed by atoms with Crippen LogP contribution < -0.4 is 5.32 Å². The monoisotopic (exact) mass is 374 g/mol. The second-order valence-electron chi connectivity index (χ2n) is 7.73. The summed E-state index contributed by atoms with van der Waals surface area (Å²) < 4.78 is 15.5. The molecule has 0 radical (unpaired) electrons. The number of ether oxygens (including phenoxy) is 3. The lowest BCUT2D eigenvalue weighted by Crippen LogP contribution is -2.48. The molecule has 2 N–H and O–H groups in total. The summed E-state index contributed by atoms with van der Waals surface area (Å²) in [5.74, 6) is -1.25. The molecule has 0 spiro atoms. The maximum atomic E-state index is 12.2. The molecular weight excluding hydrogens is 344 g/mol. The fraction of sp³-hybridized carbons (Fsp3) is 0.824. The van der Waals surface area contributed by atoms with Crippen molar-refractivity contribution in [3.8, 4) is 0 Å². The molecule has 1 aliphatic rings. The van der Waals surface area contributed by atoms with Crippen LogP contribution in [0.25, 0.3) is 0 Å². The number of imide groups is 1. The minimum absolute atomic E-state index is 0.103. The van der Waals surface area contributed by atoms with Gasteiger partial charge < -0.3 is 19.3 Å². The molecule has 9 nitrogen and oxygen atoms in total. The number of nitrogens with zero attached hydrogens (tertiary/aromatic N) is 1. The van der Waals surface area contributed by atoms with Crippen LogP contribution >= 0.6 is 0 Å². The first-order valence-corrected chi connectivity index (χ1v) is 8.64. The third-order valence-corrected chi connectivity index (χ3v) is 3.67. The first kappa shape index (κ1) is 22.2. The molecule has 26 heavy (non-hydrogen) atoms. The van der Waals surface area contributed by atoms with Crippen molar-refractivity contribution in [2.24, 2.45) is 5.92 Å². The van der Waals surface area contributed by atoms with Crippen LogP contribution in [0.1, 0.15) is 48.0 Å². The van der Waals surface area contributed by atoms with Gasteiger partial charge in [0.15, 0.2) is 0 Å². The molecule has 0 aromatic rings. The number of amides is 3. The number of carbonyl (C=O) groups is 3. The third kappa shape index (κ3) is 7.17. The summed E-state index contributed by atoms with van der Waals surface area (Å²) in [6, 6.07) is 0. The average molecular weight is 374 g/mol. The summed E-state index contributed by atoms with van der Waals surface area (Å²) >= 11 is 0. The van der Waals surface area contributed by atoms with Gasteiger partial charge in [-0.15, -0.1) is 0 Å². The van der Waals surface area contributed by atoms with Crippen molar-refractivity contribution in [1.29, 1.82) is 0 Å². The lowest BCUT2D eigenvalue weighted by atomic mass is 10.0. The molecule has 1 heterocycles. The van der Waals surface area contributed by atoms with Crippen LogP contribution in [0.3, 0.4) is 0 Å². The minimum Gasteiger partial charge on any atom is -0.447 e. The Morgan fingerprint density at radius 2 is 1.92 bits per heavy atom. The number of alkyl carbamates (subject to hydrolysis) is 1. The number of carbonyl (C=O) groups excluding carboxylic acids is 3. The molecule has 0 aromatic carbocycles. The molecule has 0 bridgehead atoms. The van der Waals surface area contributed by atoms with E-state index < -0.39 is 41.4 Å². The summed E-state index contributed by atoms with van der Waals surface area (Å²) in [7, 11) is 0. The molecule has 2 unspecified atom stereocenters. The smallest absolute Gasteiger partial charge is 0.416 e. The lowest BCUT2D eigenvalue weighted by molar-refractivity contribution is -0.135. The topological polar surface area (TPSA) is 114 Å². The Bertz CT molecular complexity index is 528. The number of nitrogens with one attached hydrogen (secondary N) is 1. The van der Waals surface area contributed by atoms with Gasteiger partial charge in [-0.3, -0.25) is 10.1 Å². The number of hydrogen-bond acceptors (Lipinski definition) is 7. The van der Waals surface area contributed by atoms with E-state index in [9.17, 15) is 19.5 Å². The molecule has 9 heteroatoms. The standard InChI is InChI=1S/C17H30N2O7/c1-11(13(21)19-8-10-24-15(19)23)12(20)7-9-25-17(5,6)18-14(22)26-16(2,3)4/h11-12,20H,7-10H2,1-6H3,(H,18,22). The van der Waals surface area contributed by atoms with Gasteiger partial charge in [0.1, 0.15) is 17.9 Å². The molecule has 0 saturated carbocycles. The number of hydrogen-bond donors (Lipinski definition) is 2. The number of aliphatic hydroxyl groups is 1. The number of rotatable bonds is 7. The molecule has 1 aliphatic heterocycles. The van der Waals surface area contributed by atoms with Crippen molar-refractivity contribution in [2.45, 2.75) is 65.4 Å². The normalized spacial score (nSPS) is 17.5. The van der Waals surface area contributed by atoms with Gasteiger partial charge in [-0.05, 0) is 41.0 Å². The van der Waals surface area contributed by atoms with Crippen molar-refractivity contribution >= 4 is 18.1 Å². The fourth-order valence-electron chi connectivity index (χ4n) is 2.27. The predicted octanol–water partition coefficient (Wildman–Crippen LogP) is 1.63. The minimum atomic E-state index is -1.01. The molecule has 150 valence electrons. The van der Waals surface area contributed by atoms with Crippen LogP contribution in [0, 0.1) is 5.92 Å². The Labute approximate surface area is 154 Å². The predicted molar refractivity (Wildman–Crippen MR) is 92.2 cm³/mol. The zero-order valence-electron chi connectivity index (χ0n) is 16.3. The van der Waals surface area contributed by atoms with Crippen LogP contribution in [0.5, 0.6) is 0 Å². The van der Waals surface area contributed by atoms with Crippen LogP contribution in [-0.4, -0.2) is 65.3 Å². The Kier molecular flexibility index (Phi) is 7.40. The Hall–Kier alpha value is -1.87. The van der Waals surface area contributed by atoms with Crippen LogP contribution in [0.15, 0.2) is 0 Å². The van der Waals surface area contributed by atoms with E-state index in [4.69, 9.17) is 14.2 Å². The average Bonchev–Trinajstić information content (AvgIpc) is 2.88. The van der Waals surface area contributed by atoms with Gasteiger partial charge in [0.2, 0.25) is 5.91 Å². The SMILES string of the molecule is CC(C(=O)N1CCOC1=O)C(O)CCOC(C)(C)NC(=O)OC(C)(C)C. The lowest BCUT2D eigenvalue weighted by Gasteiger charge is -2.29. The van der Waals surface area contributed by atoms with Gasteiger partial charge in [0.25, 0.3) is 0 Å². The zero-order valence-corrected chi connectivity index (χ0v) is 16.3. The van der Waals surface area contributed by atoms with E-state index in [1.807, 2.05) is 0 Å². The summed E-state index contributed by atoms with van der Waals surface area (Å²) in [6.45, 7) is 10.6. The van der Waals surface area contributed by atoms with E-state index in [1.165, 1.54) is 0 Å². The summed E-state index contributed by atoms with van der Waals surface area (Å²) in [6.07, 6.45) is -2.13. The maximum absolute atomic E-state index is 12.2. The zero-order chi connectivity index (χ0) is 20.1. The van der Waals surface area contributed by atoms with Crippen molar-refractivity contribution in [2.75, 3.05) is 19.8 Å². The highest BCUT2D eigenvalue weighted by molar-refractivity contribution is 5.94. The molecule has 2 atom stereocenters. The molecule has 1 saturated heterocycles. The molecule has 3 amide bonds. The van der Waals surface area contributed by atoms with Crippen molar-refractivity contribution in [3.63, 3.8) is 0 Å². The Balaban J connectivity index is 2.41. The van der Waals surface area contributed by atoms with Gasteiger partial charge in [0, 0.05) is 0 Å². The maximum Gasteiger partial charge on any atom is 0.416 e. The van der Waals surface area contributed by atoms with Crippen molar-refractivity contribution < 1.29 is 33.7 Å². The largest absolute Gasteiger partial charge is 0.447 e. The van der Waals surface area contributed by atoms with Gasteiger partial charge in [0.05, 0.1) is 25.2 Å². The second-order valence-corrected chi connectivity index (χ2v) is 7.73. The fourth-order valence-corrected chi connectivity index (χ4v) is 2.27. The van der Waals surface area contributed by atoms with E-state index in [-0.39, 0.29) is 26.2 Å². The van der Waals surface area contributed by atoms with E-state index in [1.54, 1.807) is 41.5 Å². The molecular formula is C17H30N2O7. The Morgan fingerprint density at radius 1 is 1.31 bits per heavy atom. The highest BCUT2D eigenvalue weighted by Gasteiger charge is 2.34. The Morgan fingerprint density at radius 3 is 2.42 bits per heavy atom. The number of cyclic esters (lactones) is 1. The number of aliphatic hydroxyl groups excluding tert-OH is 1. The van der Waals surface area contributed by atoms with Crippen LogP contribution in [0.4, 0.5) is 9.59 Å². The van der Waals surface area contributed by atoms with E-state index in [0.29, 0.717) is 0 Å². The summed E-state index contributed by atoms with van der Waals surface area (Å²) in [5, 5.41) is 12.8. The van der Waals surface area contributed by atoms with Crippen molar-refractivity contribution in [3.05, 3.63) is 0 Å². The van der Waals surface area contributed by atoms with E-state index in [0.717, 1.165) is 4.90 Å². The molecule has 1 rings (SSSR count). The third-order valence-electron chi connectivity index (χ3n) is 3.67. The molecule has 0 aromatic heterocycles. The molecule has 0 aliphatic carbocycles. The van der Waals surface area contributed by atoms with Gasteiger partial charge in [-0.25, -0.2) is 14.5 Å². The first-order valence-electron chi connectivity index (χ1n) is 8.64. The summed E-state index contributed by atoms with van der Waals surface area (Å²) in [4.78, 5) is 36.4. The van der Waals surface area contributed by atoms with Gasteiger partial charge in [-0.1, -0.05) is 6.92 Å². The first-order chi connectivity index (χ1) is 11.8.